The highest BCUT2D eigenvalue weighted by atomic mass is 16.5. The summed E-state index contributed by atoms with van der Waals surface area (Å²) in [6, 6.07) is -1.08. The minimum Gasteiger partial charge on any atom is -0.480 e. The summed E-state index contributed by atoms with van der Waals surface area (Å²) < 4.78 is 10.3. The van der Waals surface area contributed by atoms with E-state index in [9.17, 15) is 19.2 Å². The van der Waals surface area contributed by atoms with E-state index in [1.807, 2.05) is 6.92 Å². The third kappa shape index (κ3) is 13.9. The van der Waals surface area contributed by atoms with Gasteiger partial charge in [-0.3, -0.25) is 14.4 Å². The van der Waals surface area contributed by atoms with Gasteiger partial charge in [-0.15, -0.1) is 0 Å². The Hall–Kier alpha value is -2.20. The molecule has 0 aliphatic heterocycles. The summed E-state index contributed by atoms with van der Waals surface area (Å²) >= 11 is 0. The fraction of sp³-hybridized carbons (Fsp3) is 0.733. The van der Waals surface area contributed by atoms with Crippen LogP contribution in [0.2, 0.25) is 0 Å². The second-order valence-corrected chi connectivity index (χ2v) is 5.10. The molecule has 25 heavy (non-hydrogen) atoms. The molecular formula is C15H27N3O7. The Kier molecular flexibility index (Phi) is 12.9. The molecule has 0 fully saturated rings. The van der Waals surface area contributed by atoms with Crippen molar-refractivity contribution < 1.29 is 33.8 Å². The standard InChI is InChI=1S/C15H27N3O7/c1-3-16-14(21)10-25-9-8-24-7-6-17-13(20)5-4-12(15(22)23)18-11(2)19/h12H,3-10H2,1-2H3,(H,16,21)(H,17,20)(H,18,19)(H,22,23). The quantitative estimate of drug-likeness (QED) is 0.280. The molecular weight excluding hydrogens is 334 g/mol. The molecule has 1 unspecified atom stereocenters. The van der Waals surface area contributed by atoms with E-state index in [-0.39, 0.29) is 51.0 Å². The fourth-order valence-corrected chi connectivity index (χ4v) is 1.76. The van der Waals surface area contributed by atoms with Crippen LogP contribution >= 0.6 is 0 Å². The molecule has 0 saturated carbocycles. The van der Waals surface area contributed by atoms with Crippen LogP contribution in [0.25, 0.3) is 0 Å². The van der Waals surface area contributed by atoms with Gasteiger partial charge in [0.15, 0.2) is 0 Å². The van der Waals surface area contributed by atoms with Gasteiger partial charge >= 0.3 is 5.97 Å². The number of carbonyl (C=O) groups excluding carboxylic acids is 3. The number of amides is 3. The largest absolute Gasteiger partial charge is 0.480 e. The lowest BCUT2D eigenvalue weighted by molar-refractivity contribution is -0.141. The molecule has 0 rings (SSSR count). The minimum absolute atomic E-state index is 0.00919. The predicted molar refractivity (Wildman–Crippen MR) is 87.8 cm³/mol. The van der Waals surface area contributed by atoms with Crippen molar-refractivity contribution in [1.82, 2.24) is 16.0 Å². The van der Waals surface area contributed by atoms with Crippen LogP contribution in [0.15, 0.2) is 0 Å². The summed E-state index contributed by atoms with van der Waals surface area (Å²) in [5, 5.41) is 16.3. The van der Waals surface area contributed by atoms with Crippen molar-refractivity contribution in [1.29, 1.82) is 0 Å². The molecule has 0 aromatic heterocycles. The summed E-state index contributed by atoms with van der Waals surface area (Å²) in [5.41, 5.74) is 0. The van der Waals surface area contributed by atoms with Gasteiger partial charge in [-0.2, -0.15) is 0 Å². The first-order chi connectivity index (χ1) is 11.9. The van der Waals surface area contributed by atoms with Gasteiger partial charge in [0.2, 0.25) is 17.7 Å². The number of rotatable bonds is 14. The Morgan fingerprint density at radius 3 is 2.28 bits per heavy atom. The van der Waals surface area contributed by atoms with Crippen LogP contribution in [0.1, 0.15) is 26.7 Å². The summed E-state index contributed by atoms with van der Waals surface area (Å²) in [6.07, 6.45) is -0.0117. The molecule has 0 aromatic carbocycles. The van der Waals surface area contributed by atoms with Crippen LogP contribution in [-0.2, 0) is 28.7 Å². The maximum absolute atomic E-state index is 11.6. The highest BCUT2D eigenvalue weighted by Crippen LogP contribution is 1.98. The maximum Gasteiger partial charge on any atom is 0.326 e. The number of ether oxygens (including phenoxy) is 2. The second kappa shape index (κ2) is 14.2. The van der Waals surface area contributed by atoms with Crippen LogP contribution in [0, 0.1) is 0 Å². The average molecular weight is 361 g/mol. The Balaban J connectivity index is 3.62. The van der Waals surface area contributed by atoms with Crippen LogP contribution in [0.5, 0.6) is 0 Å². The normalized spacial score (nSPS) is 11.4. The van der Waals surface area contributed by atoms with Crippen molar-refractivity contribution in [3.63, 3.8) is 0 Å². The van der Waals surface area contributed by atoms with Gasteiger partial charge in [0.1, 0.15) is 12.6 Å². The van der Waals surface area contributed by atoms with Crippen LogP contribution in [-0.4, -0.2) is 74.4 Å². The highest BCUT2D eigenvalue weighted by Gasteiger charge is 2.19. The van der Waals surface area contributed by atoms with Crippen molar-refractivity contribution in [3.8, 4) is 0 Å². The monoisotopic (exact) mass is 361 g/mol. The fourth-order valence-electron chi connectivity index (χ4n) is 1.76. The lowest BCUT2D eigenvalue weighted by Crippen LogP contribution is -2.40. The molecule has 0 bridgehead atoms. The number of nitrogens with one attached hydrogen (secondary N) is 3. The van der Waals surface area contributed by atoms with Crippen molar-refractivity contribution in [2.75, 3.05) is 39.5 Å². The van der Waals surface area contributed by atoms with Gasteiger partial charge in [0.25, 0.3) is 0 Å². The van der Waals surface area contributed by atoms with Gasteiger partial charge in [0, 0.05) is 26.4 Å². The zero-order valence-electron chi connectivity index (χ0n) is 14.6. The molecule has 144 valence electrons. The zero-order chi connectivity index (χ0) is 19.1. The van der Waals surface area contributed by atoms with E-state index >= 15 is 0 Å². The molecule has 0 radical (unpaired) electrons. The minimum atomic E-state index is -1.18. The van der Waals surface area contributed by atoms with E-state index in [1.54, 1.807) is 0 Å². The summed E-state index contributed by atoms with van der Waals surface area (Å²) in [4.78, 5) is 44.4. The Morgan fingerprint density at radius 2 is 1.68 bits per heavy atom. The van der Waals surface area contributed by atoms with Crippen molar-refractivity contribution in [2.45, 2.75) is 32.7 Å². The lowest BCUT2D eigenvalue weighted by atomic mass is 10.1. The van der Waals surface area contributed by atoms with Crippen LogP contribution in [0.4, 0.5) is 0 Å². The number of carboxylic acids is 1. The topological polar surface area (TPSA) is 143 Å². The Morgan fingerprint density at radius 1 is 1.00 bits per heavy atom. The molecule has 3 amide bonds. The summed E-state index contributed by atoms with van der Waals surface area (Å²) in [5.74, 6) is -2.16. The zero-order valence-corrected chi connectivity index (χ0v) is 14.6. The molecule has 10 heteroatoms. The first-order valence-corrected chi connectivity index (χ1v) is 8.05. The highest BCUT2D eigenvalue weighted by molar-refractivity contribution is 5.83. The molecule has 0 heterocycles. The molecule has 10 nitrogen and oxygen atoms in total. The van der Waals surface area contributed by atoms with Crippen molar-refractivity contribution >= 4 is 23.7 Å². The van der Waals surface area contributed by atoms with E-state index in [2.05, 4.69) is 16.0 Å². The third-order valence-corrected chi connectivity index (χ3v) is 2.88. The Bertz CT molecular complexity index is 443. The van der Waals surface area contributed by atoms with Gasteiger partial charge in [-0.05, 0) is 13.3 Å². The molecule has 0 saturated heterocycles. The van der Waals surface area contributed by atoms with Crippen molar-refractivity contribution in [3.05, 3.63) is 0 Å². The van der Waals surface area contributed by atoms with Crippen LogP contribution in [0.3, 0.4) is 0 Å². The smallest absolute Gasteiger partial charge is 0.326 e. The first kappa shape index (κ1) is 22.8. The van der Waals surface area contributed by atoms with Gasteiger partial charge in [-0.1, -0.05) is 0 Å². The van der Waals surface area contributed by atoms with Gasteiger partial charge in [0.05, 0.1) is 19.8 Å². The summed E-state index contributed by atoms with van der Waals surface area (Å²) in [6.45, 7) is 4.66. The van der Waals surface area contributed by atoms with E-state index in [1.165, 1.54) is 6.92 Å². The number of likely N-dealkylation sites (N-methyl/N-ethyl adjacent to an activating group) is 1. The van der Waals surface area contributed by atoms with Crippen LogP contribution < -0.4 is 16.0 Å². The number of aliphatic carboxylic acids is 1. The number of hydrogen-bond acceptors (Lipinski definition) is 6. The maximum atomic E-state index is 11.6. The van der Waals surface area contributed by atoms with Gasteiger partial charge < -0.3 is 30.5 Å². The molecule has 0 spiro atoms. The first-order valence-electron chi connectivity index (χ1n) is 8.05. The predicted octanol–water partition coefficient (Wildman–Crippen LogP) is -1.36. The van der Waals surface area contributed by atoms with E-state index in [4.69, 9.17) is 14.6 Å². The molecule has 1 atom stereocenters. The SMILES string of the molecule is CCNC(=O)COCCOCCNC(=O)CCC(NC(C)=O)C(=O)O. The van der Waals surface area contributed by atoms with Crippen molar-refractivity contribution in [2.24, 2.45) is 0 Å². The molecule has 0 aliphatic rings. The number of carbonyl (C=O) groups is 4. The number of hydrogen-bond donors (Lipinski definition) is 4. The van der Waals surface area contributed by atoms with Gasteiger partial charge in [-0.25, -0.2) is 4.79 Å². The number of carboxylic acid groups (broad SMARTS) is 1. The van der Waals surface area contributed by atoms with E-state index in [0.717, 1.165) is 0 Å². The molecule has 0 aliphatic carbocycles. The second-order valence-electron chi connectivity index (χ2n) is 5.10. The molecule has 4 N–H and O–H groups in total. The third-order valence-electron chi connectivity index (χ3n) is 2.88. The van der Waals surface area contributed by atoms with E-state index in [0.29, 0.717) is 13.2 Å². The summed E-state index contributed by atoms with van der Waals surface area (Å²) in [7, 11) is 0. The molecule has 0 aromatic rings. The lowest BCUT2D eigenvalue weighted by Gasteiger charge is -2.13. The Labute approximate surface area is 146 Å². The van der Waals surface area contributed by atoms with E-state index < -0.39 is 17.9 Å². The average Bonchev–Trinajstić information content (AvgIpc) is 2.53.